The molecule has 0 aromatic heterocycles. The highest BCUT2D eigenvalue weighted by molar-refractivity contribution is 6.16. The first-order valence-electron chi connectivity index (χ1n) is 5.15. The second kappa shape index (κ2) is 6.28. The molecule has 0 aliphatic heterocycles. The quantitative estimate of drug-likeness (QED) is 0.616. The molecule has 86 valence electrons. The SMILES string of the molecule is C=C/C=C/C=C(\C(=O)O)c1ccccc1C=C. The van der Waals surface area contributed by atoms with Crippen LogP contribution in [0.25, 0.3) is 11.6 Å². The van der Waals surface area contributed by atoms with Crippen molar-refractivity contribution in [3.05, 3.63) is 72.9 Å². The van der Waals surface area contributed by atoms with Gasteiger partial charge in [0.2, 0.25) is 0 Å². The fourth-order valence-corrected chi connectivity index (χ4v) is 1.43. The van der Waals surface area contributed by atoms with Crippen LogP contribution in [0.2, 0.25) is 0 Å². The number of allylic oxidation sites excluding steroid dienone is 4. The molecule has 17 heavy (non-hydrogen) atoms. The molecule has 2 heteroatoms. The average molecular weight is 226 g/mol. The van der Waals surface area contributed by atoms with Crippen LogP contribution in [0.4, 0.5) is 0 Å². The summed E-state index contributed by atoms with van der Waals surface area (Å²) < 4.78 is 0. The van der Waals surface area contributed by atoms with Crippen LogP contribution >= 0.6 is 0 Å². The van der Waals surface area contributed by atoms with Crippen molar-refractivity contribution in [2.45, 2.75) is 0 Å². The van der Waals surface area contributed by atoms with Crippen molar-refractivity contribution in [3.8, 4) is 0 Å². The summed E-state index contributed by atoms with van der Waals surface area (Å²) in [7, 11) is 0. The van der Waals surface area contributed by atoms with E-state index in [2.05, 4.69) is 13.2 Å². The Morgan fingerprint density at radius 2 is 1.88 bits per heavy atom. The van der Waals surface area contributed by atoms with Crippen molar-refractivity contribution in [1.82, 2.24) is 0 Å². The Kier molecular flexibility index (Phi) is 4.70. The molecule has 0 unspecified atom stereocenters. The fourth-order valence-electron chi connectivity index (χ4n) is 1.43. The maximum absolute atomic E-state index is 11.2. The number of aliphatic carboxylic acids is 1. The van der Waals surface area contributed by atoms with Crippen LogP contribution in [-0.2, 0) is 4.79 Å². The van der Waals surface area contributed by atoms with E-state index in [1.54, 1.807) is 42.5 Å². The van der Waals surface area contributed by atoms with E-state index in [1.165, 1.54) is 0 Å². The lowest BCUT2D eigenvalue weighted by atomic mass is 9.99. The minimum absolute atomic E-state index is 0.235. The van der Waals surface area contributed by atoms with Crippen LogP contribution < -0.4 is 0 Å². The summed E-state index contributed by atoms with van der Waals surface area (Å²) in [5, 5.41) is 9.18. The molecule has 2 nitrogen and oxygen atoms in total. The van der Waals surface area contributed by atoms with Crippen LogP contribution in [0.3, 0.4) is 0 Å². The molecule has 0 atom stereocenters. The van der Waals surface area contributed by atoms with E-state index >= 15 is 0 Å². The predicted molar refractivity (Wildman–Crippen MR) is 71.5 cm³/mol. The maximum Gasteiger partial charge on any atom is 0.336 e. The predicted octanol–water partition coefficient (Wildman–Crippen LogP) is 3.54. The molecule has 0 fully saturated rings. The minimum Gasteiger partial charge on any atom is -0.478 e. The molecule has 0 saturated heterocycles. The van der Waals surface area contributed by atoms with Gasteiger partial charge in [-0.05, 0) is 17.2 Å². The van der Waals surface area contributed by atoms with E-state index in [1.807, 2.05) is 12.1 Å². The third kappa shape index (κ3) is 3.31. The van der Waals surface area contributed by atoms with Gasteiger partial charge in [0.15, 0.2) is 0 Å². The zero-order valence-electron chi connectivity index (χ0n) is 9.47. The van der Waals surface area contributed by atoms with Crippen molar-refractivity contribution in [3.63, 3.8) is 0 Å². The Morgan fingerprint density at radius 3 is 2.47 bits per heavy atom. The normalized spacial score (nSPS) is 11.4. The number of carboxylic acid groups (broad SMARTS) is 1. The van der Waals surface area contributed by atoms with E-state index in [4.69, 9.17) is 0 Å². The van der Waals surface area contributed by atoms with E-state index in [-0.39, 0.29) is 5.57 Å². The van der Waals surface area contributed by atoms with Gasteiger partial charge in [-0.15, -0.1) is 0 Å². The van der Waals surface area contributed by atoms with Crippen molar-refractivity contribution in [1.29, 1.82) is 0 Å². The highest BCUT2D eigenvalue weighted by Crippen LogP contribution is 2.20. The molecule has 0 aliphatic rings. The van der Waals surface area contributed by atoms with Gasteiger partial charge in [-0.2, -0.15) is 0 Å². The molecule has 1 aromatic carbocycles. The molecule has 0 amide bonds. The van der Waals surface area contributed by atoms with Gasteiger partial charge >= 0.3 is 5.97 Å². The largest absolute Gasteiger partial charge is 0.478 e. The number of hydrogen-bond acceptors (Lipinski definition) is 1. The average Bonchev–Trinajstić information content (AvgIpc) is 2.34. The molecule has 1 aromatic rings. The topological polar surface area (TPSA) is 37.3 Å². The van der Waals surface area contributed by atoms with Crippen LogP contribution in [0, 0.1) is 0 Å². The second-order valence-electron chi connectivity index (χ2n) is 3.30. The van der Waals surface area contributed by atoms with E-state index in [0.717, 1.165) is 5.56 Å². The lowest BCUT2D eigenvalue weighted by Gasteiger charge is -2.05. The lowest BCUT2D eigenvalue weighted by molar-refractivity contribution is -0.130. The molecule has 0 radical (unpaired) electrons. The monoisotopic (exact) mass is 226 g/mol. The van der Waals surface area contributed by atoms with Crippen LogP contribution in [0.1, 0.15) is 11.1 Å². The number of carboxylic acids is 1. The third-order valence-electron chi connectivity index (χ3n) is 2.21. The van der Waals surface area contributed by atoms with Gasteiger partial charge in [0.1, 0.15) is 0 Å². The second-order valence-corrected chi connectivity index (χ2v) is 3.30. The van der Waals surface area contributed by atoms with Gasteiger partial charge in [-0.1, -0.05) is 61.7 Å². The lowest BCUT2D eigenvalue weighted by Crippen LogP contribution is -2.01. The minimum atomic E-state index is -0.965. The Morgan fingerprint density at radius 1 is 1.18 bits per heavy atom. The summed E-state index contributed by atoms with van der Waals surface area (Å²) in [5.41, 5.74) is 1.69. The van der Waals surface area contributed by atoms with Gasteiger partial charge < -0.3 is 5.11 Å². The van der Waals surface area contributed by atoms with Crippen LogP contribution in [-0.4, -0.2) is 11.1 Å². The van der Waals surface area contributed by atoms with Crippen LogP contribution in [0.15, 0.2) is 61.7 Å². The molecular formula is C15H14O2. The standard InChI is InChI=1S/C15H14O2/c1-3-5-6-11-14(15(16)17)13-10-8-7-9-12(13)4-2/h3-11H,1-2H2,(H,16,17)/b6-5+,14-11-. The van der Waals surface area contributed by atoms with E-state index < -0.39 is 5.97 Å². The van der Waals surface area contributed by atoms with Gasteiger partial charge in [0, 0.05) is 0 Å². The number of carbonyl (C=O) groups is 1. The molecule has 1 rings (SSSR count). The molecule has 0 spiro atoms. The summed E-state index contributed by atoms with van der Waals surface area (Å²) in [4.78, 5) is 11.2. The van der Waals surface area contributed by atoms with Gasteiger partial charge in [-0.25, -0.2) is 4.79 Å². The Hall–Kier alpha value is -2.35. The molecule has 0 heterocycles. The van der Waals surface area contributed by atoms with Gasteiger partial charge in [-0.3, -0.25) is 0 Å². The van der Waals surface area contributed by atoms with Crippen molar-refractivity contribution in [2.75, 3.05) is 0 Å². The first-order chi connectivity index (χ1) is 8.20. The maximum atomic E-state index is 11.2. The Balaban J connectivity index is 3.27. The first kappa shape index (κ1) is 12.7. The number of hydrogen-bond donors (Lipinski definition) is 1. The summed E-state index contributed by atoms with van der Waals surface area (Å²) in [6.45, 7) is 7.20. The third-order valence-corrected chi connectivity index (χ3v) is 2.21. The number of benzene rings is 1. The highest BCUT2D eigenvalue weighted by atomic mass is 16.4. The molecular weight excluding hydrogens is 212 g/mol. The zero-order valence-corrected chi connectivity index (χ0v) is 9.47. The zero-order chi connectivity index (χ0) is 12.7. The number of rotatable bonds is 5. The van der Waals surface area contributed by atoms with E-state index in [0.29, 0.717) is 5.56 Å². The van der Waals surface area contributed by atoms with Crippen molar-refractivity contribution in [2.24, 2.45) is 0 Å². The molecule has 0 aliphatic carbocycles. The van der Waals surface area contributed by atoms with E-state index in [9.17, 15) is 9.90 Å². The summed E-state index contributed by atoms with van der Waals surface area (Å²) in [6, 6.07) is 7.24. The summed E-state index contributed by atoms with van der Waals surface area (Å²) in [5.74, 6) is -0.965. The van der Waals surface area contributed by atoms with Crippen LogP contribution in [0.5, 0.6) is 0 Å². The molecule has 0 saturated carbocycles. The van der Waals surface area contributed by atoms with Crippen molar-refractivity contribution < 1.29 is 9.90 Å². The summed E-state index contributed by atoms with van der Waals surface area (Å²) >= 11 is 0. The van der Waals surface area contributed by atoms with Gasteiger partial charge in [0.25, 0.3) is 0 Å². The first-order valence-corrected chi connectivity index (χ1v) is 5.15. The smallest absolute Gasteiger partial charge is 0.336 e. The molecule has 0 bridgehead atoms. The fraction of sp³-hybridized carbons (Fsp3) is 0. The van der Waals surface area contributed by atoms with Crippen molar-refractivity contribution >= 4 is 17.6 Å². The molecule has 1 N–H and O–H groups in total. The Labute approximate surface area is 101 Å². The Bertz CT molecular complexity index is 493. The summed E-state index contributed by atoms with van der Waals surface area (Å²) in [6.07, 6.45) is 8.11. The van der Waals surface area contributed by atoms with Gasteiger partial charge in [0.05, 0.1) is 5.57 Å². The highest BCUT2D eigenvalue weighted by Gasteiger charge is 2.11.